The van der Waals surface area contributed by atoms with Crippen molar-refractivity contribution >= 4 is 26.9 Å². The lowest BCUT2D eigenvalue weighted by Gasteiger charge is -2.15. The fraction of sp³-hybridized carbons (Fsp3) is 0.211. The lowest BCUT2D eigenvalue weighted by atomic mass is 10.1. The normalized spacial score (nSPS) is 12.7. The first-order chi connectivity index (χ1) is 12.8. The van der Waals surface area contributed by atoms with E-state index in [9.17, 15) is 13.2 Å². The maximum absolute atomic E-state index is 12.4. The second-order valence-electron chi connectivity index (χ2n) is 6.21. The predicted octanol–water partition coefficient (Wildman–Crippen LogP) is 2.51. The van der Waals surface area contributed by atoms with Crippen molar-refractivity contribution in [2.45, 2.75) is 24.3 Å². The van der Waals surface area contributed by atoms with Crippen molar-refractivity contribution in [2.24, 2.45) is 5.14 Å². The van der Waals surface area contributed by atoms with Crippen molar-refractivity contribution in [1.82, 2.24) is 5.32 Å². The Labute approximate surface area is 157 Å². The van der Waals surface area contributed by atoms with Crippen LogP contribution >= 0.6 is 0 Å². The van der Waals surface area contributed by atoms with Crippen LogP contribution in [0.4, 0.5) is 0 Å². The molecule has 0 aliphatic carbocycles. The van der Waals surface area contributed by atoms with Gasteiger partial charge in [-0.3, -0.25) is 4.79 Å². The molecular formula is C19H20N2O5S. The van der Waals surface area contributed by atoms with Crippen LogP contribution in [0.2, 0.25) is 0 Å². The van der Waals surface area contributed by atoms with Gasteiger partial charge in [0.2, 0.25) is 15.9 Å². The minimum Gasteiger partial charge on any atom is -0.497 e. The van der Waals surface area contributed by atoms with Gasteiger partial charge in [-0.25, -0.2) is 13.6 Å². The topological polar surface area (TPSA) is 112 Å². The highest BCUT2D eigenvalue weighted by Crippen LogP contribution is 2.26. The standard InChI is InChI=1S/C19H20N2O5S/c1-12(13-4-3-5-16(8-13)27(20,23)24)21-19(22)9-14-11-26-18-10-15(25-2)6-7-17(14)18/h3-8,10-12H,9H2,1-2H3,(H,21,22)(H2,20,23,24). The number of hydrogen-bond donors (Lipinski definition) is 2. The van der Waals surface area contributed by atoms with Gasteiger partial charge in [0.05, 0.1) is 30.7 Å². The molecule has 0 saturated carbocycles. The Morgan fingerprint density at radius 3 is 2.74 bits per heavy atom. The number of rotatable bonds is 6. The lowest BCUT2D eigenvalue weighted by molar-refractivity contribution is -0.121. The van der Waals surface area contributed by atoms with Gasteiger partial charge in [0.15, 0.2) is 0 Å². The number of methoxy groups -OCH3 is 1. The molecule has 142 valence electrons. The molecule has 1 heterocycles. The van der Waals surface area contributed by atoms with Crippen LogP contribution in [0.1, 0.15) is 24.1 Å². The molecule has 1 amide bonds. The van der Waals surface area contributed by atoms with E-state index < -0.39 is 10.0 Å². The molecule has 0 aliphatic rings. The summed E-state index contributed by atoms with van der Waals surface area (Å²) in [6.45, 7) is 1.78. The molecule has 1 unspecified atom stereocenters. The van der Waals surface area contributed by atoms with Crippen molar-refractivity contribution in [3.05, 3.63) is 59.9 Å². The van der Waals surface area contributed by atoms with Crippen LogP contribution in [0, 0.1) is 0 Å². The number of hydrogen-bond acceptors (Lipinski definition) is 5. The average molecular weight is 388 g/mol. The second kappa shape index (κ2) is 7.42. The number of fused-ring (bicyclic) bond motifs is 1. The molecule has 27 heavy (non-hydrogen) atoms. The SMILES string of the molecule is COc1ccc2c(CC(=O)NC(C)c3cccc(S(N)(=O)=O)c3)coc2c1. The van der Waals surface area contributed by atoms with Crippen molar-refractivity contribution in [1.29, 1.82) is 0 Å². The molecule has 2 aromatic carbocycles. The summed E-state index contributed by atoms with van der Waals surface area (Å²) in [6.07, 6.45) is 1.69. The molecule has 0 radical (unpaired) electrons. The van der Waals surface area contributed by atoms with Gasteiger partial charge in [-0.2, -0.15) is 0 Å². The highest BCUT2D eigenvalue weighted by Gasteiger charge is 2.16. The molecule has 0 aliphatic heterocycles. The number of amides is 1. The highest BCUT2D eigenvalue weighted by molar-refractivity contribution is 7.89. The van der Waals surface area contributed by atoms with E-state index in [1.807, 2.05) is 6.07 Å². The number of nitrogens with one attached hydrogen (secondary N) is 1. The Morgan fingerprint density at radius 2 is 2.04 bits per heavy atom. The Kier molecular flexibility index (Phi) is 5.20. The number of ether oxygens (including phenoxy) is 1. The van der Waals surface area contributed by atoms with Gasteiger partial charge in [-0.1, -0.05) is 12.1 Å². The summed E-state index contributed by atoms with van der Waals surface area (Å²) in [5, 5.41) is 8.86. The molecule has 0 bridgehead atoms. The summed E-state index contributed by atoms with van der Waals surface area (Å²) in [4.78, 5) is 12.4. The van der Waals surface area contributed by atoms with Crippen LogP contribution in [-0.2, 0) is 21.2 Å². The minimum atomic E-state index is -3.79. The van der Waals surface area contributed by atoms with Crippen molar-refractivity contribution < 1.29 is 22.4 Å². The van der Waals surface area contributed by atoms with Crippen LogP contribution in [0.25, 0.3) is 11.0 Å². The molecule has 1 aromatic heterocycles. The number of carbonyl (C=O) groups is 1. The first kappa shape index (κ1) is 18.9. The Hall–Kier alpha value is -2.84. The van der Waals surface area contributed by atoms with Gasteiger partial charge in [0, 0.05) is 17.0 Å². The molecule has 0 saturated heterocycles. The smallest absolute Gasteiger partial charge is 0.238 e. The molecule has 0 spiro atoms. The monoisotopic (exact) mass is 388 g/mol. The lowest BCUT2D eigenvalue weighted by Crippen LogP contribution is -2.28. The molecule has 8 heteroatoms. The molecule has 7 nitrogen and oxygen atoms in total. The van der Waals surface area contributed by atoms with Crippen LogP contribution < -0.4 is 15.2 Å². The number of sulfonamides is 1. The van der Waals surface area contributed by atoms with E-state index in [-0.39, 0.29) is 23.3 Å². The van der Waals surface area contributed by atoms with Crippen LogP contribution in [0.3, 0.4) is 0 Å². The summed E-state index contributed by atoms with van der Waals surface area (Å²) in [7, 11) is -2.22. The van der Waals surface area contributed by atoms with E-state index in [0.29, 0.717) is 16.9 Å². The average Bonchev–Trinajstić information content (AvgIpc) is 3.02. The third-order valence-corrected chi connectivity index (χ3v) is 5.19. The number of benzene rings is 2. The fourth-order valence-electron chi connectivity index (χ4n) is 2.84. The third-order valence-electron chi connectivity index (χ3n) is 4.28. The minimum absolute atomic E-state index is 0.0101. The summed E-state index contributed by atoms with van der Waals surface area (Å²) in [5.41, 5.74) is 2.05. The largest absolute Gasteiger partial charge is 0.497 e. The maximum atomic E-state index is 12.4. The summed E-state index contributed by atoms with van der Waals surface area (Å²) in [6, 6.07) is 11.2. The van der Waals surface area contributed by atoms with Crippen molar-refractivity contribution in [3.8, 4) is 5.75 Å². The molecule has 1 atom stereocenters. The second-order valence-corrected chi connectivity index (χ2v) is 7.77. The van der Waals surface area contributed by atoms with Crippen LogP contribution in [0.15, 0.2) is 58.0 Å². The first-order valence-corrected chi connectivity index (χ1v) is 9.79. The zero-order chi connectivity index (χ0) is 19.6. The molecular weight excluding hydrogens is 368 g/mol. The van der Waals surface area contributed by atoms with Gasteiger partial charge in [0.25, 0.3) is 0 Å². The van der Waals surface area contributed by atoms with E-state index in [0.717, 1.165) is 10.9 Å². The van der Waals surface area contributed by atoms with Crippen LogP contribution in [0.5, 0.6) is 5.75 Å². The van der Waals surface area contributed by atoms with Gasteiger partial charge in [0.1, 0.15) is 11.3 Å². The van der Waals surface area contributed by atoms with E-state index in [1.54, 1.807) is 44.6 Å². The fourth-order valence-corrected chi connectivity index (χ4v) is 3.41. The molecule has 0 fully saturated rings. The van der Waals surface area contributed by atoms with Gasteiger partial charge < -0.3 is 14.5 Å². The summed E-state index contributed by atoms with van der Waals surface area (Å²) >= 11 is 0. The van der Waals surface area contributed by atoms with Crippen molar-refractivity contribution in [3.63, 3.8) is 0 Å². The summed E-state index contributed by atoms with van der Waals surface area (Å²) < 4.78 is 33.6. The number of carbonyl (C=O) groups excluding carboxylic acids is 1. The Balaban J connectivity index is 1.72. The van der Waals surface area contributed by atoms with Gasteiger partial charge in [-0.05, 0) is 36.8 Å². The molecule has 3 rings (SSSR count). The van der Waals surface area contributed by atoms with E-state index >= 15 is 0 Å². The highest BCUT2D eigenvalue weighted by atomic mass is 32.2. The quantitative estimate of drug-likeness (QED) is 0.674. The predicted molar refractivity (Wildman–Crippen MR) is 101 cm³/mol. The third kappa shape index (κ3) is 4.29. The zero-order valence-corrected chi connectivity index (χ0v) is 15.7. The maximum Gasteiger partial charge on any atom is 0.238 e. The number of primary sulfonamides is 1. The number of nitrogens with two attached hydrogens (primary N) is 1. The Bertz CT molecular complexity index is 1090. The van der Waals surface area contributed by atoms with E-state index in [1.165, 1.54) is 12.1 Å². The first-order valence-electron chi connectivity index (χ1n) is 8.24. The van der Waals surface area contributed by atoms with E-state index in [4.69, 9.17) is 14.3 Å². The van der Waals surface area contributed by atoms with Gasteiger partial charge >= 0.3 is 0 Å². The molecule has 3 N–H and O–H groups in total. The Morgan fingerprint density at radius 1 is 1.26 bits per heavy atom. The van der Waals surface area contributed by atoms with Gasteiger partial charge in [-0.15, -0.1) is 0 Å². The zero-order valence-electron chi connectivity index (χ0n) is 14.9. The summed E-state index contributed by atoms with van der Waals surface area (Å²) in [5.74, 6) is 0.471. The van der Waals surface area contributed by atoms with E-state index in [2.05, 4.69) is 5.32 Å². The van der Waals surface area contributed by atoms with Crippen LogP contribution in [-0.4, -0.2) is 21.4 Å². The number of furan rings is 1. The van der Waals surface area contributed by atoms with Crippen molar-refractivity contribution in [2.75, 3.05) is 7.11 Å². The molecule has 3 aromatic rings.